The maximum Gasteiger partial charge on any atom is 0.220 e. The van der Waals surface area contributed by atoms with Gasteiger partial charge in [-0.25, -0.2) is 0 Å². The van der Waals surface area contributed by atoms with Crippen LogP contribution in [0.15, 0.2) is 36.5 Å². The molecule has 6 N–H and O–H groups in total. The molecule has 7 unspecified atom stereocenters. The number of carbonyl (C=O) groups is 1. The average Bonchev–Trinajstić information content (AvgIpc) is 2.98. The van der Waals surface area contributed by atoms with Crippen molar-refractivity contribution < 1.29 is 39.8 Å². The monoisotopic (exact) mass is 597 g/mol. The molecule has 0 saturated carbocycles. The van der Waals surface area contributed by atoms with Gasteiger partial charge in [0, 0.05) is 6.42 Å². The van der Waals surface area contributed by atoms with Crippen LogP contribution in [0.3, 0.4) is 0 Å². The van der Waals surface area contributed by atoms with Gasteiger partial charge < -0.3 is 40.3 Å². The van der Waals surface area contributed by atoms with Gasteiger partial charge in [0.05, 0.1) is 25.4 Å². The lowest BCUT2D eigenvalue weighted by atomic mass is 9.99. The molecule has 1 saturated heterocycles. The highest BCUT2D eigenvalue weighted by molar-refractivity contribution is 5.76. The van der Waals surface area contributed by atoms with Gasteiger partial charge in [-0.05, 0) is 39.0 Å². The minimum Gasteiger partial charge on any atom is -0.394 e. The SMILES string of the molecule is C/C=C/CC/C=C/CC/C=C/C(O)C(COC1OC(CO)C(O)C(O)C1O)NC(=O)CCCCCCCCCCCC. The molecule has 9 nitrogen and oxygen atoms in total. The zero-order valence-electron chi connectivity index (χ0n) is 26.0. The van der Waals surface area contributed by atoms with E-state index in [4.69, 9.17) is 9.47 Å². The van der Waals surface area contributed by atoms with E-state index in [9.17, 15) is 30.3 Å². The Morgan fingerprint density at radius 2 is 1.40 bits per heavy atom. The lowest BCUT2D eigenvalue weighted by Crippen LogP contribution is -2.60. The van der Waals surface area contributed by atoms with E-state index in [-0.39, 0.29) is 12.5 Å². The molecular weight excluding hydrogens is 538 g/mol. The van der Waals surface area contributed by atoms with Gasteiger partial charge in [-0.3, -0.25) is 4.79 Å². The number of hydrogen-bond donors (Lipinski definition) is 6. The van der Waals surface area contributed by atoms with Crippen molar-refractivity contribution >= 4 is 5.91 Å². The summed E-state index contributed by atoms with van der Waals surface area (Å²) in [6.45, 7) is 3.45. The van der Waals surface area contributed by atoms with Crippen LogP contribution in [0.4, 0.5) is 0 Å². The number of aliphatic hydroxyl groups excluding tert-OH is 5. The summed E-state index contributed by atoms with van der Waals surface area (Å²) in [5.41, 5.74) is 0. The van der Waals surface area contributed by atoms with Crippen LogP contribution in [0.25, 0.3) is 0 Å². The second-order valence-electron chi connectivity index (χ2n) is 11.3. The van der Waals surface area contributed by atoms with Gasteiger partial charge in [0.15, 0.2) is 6.29 Å². The minimum atomic E-state index is -1.57. The number of aliphatic hydroxyl groups is 5. The van der Waals surface area contributed by atoms with Gasteiger partial charge in [-0.15, -0.1) is 0 Å². The zero-order valence-corrected chi connectivity index (χ0v) is 26.0. The number of unbranched alkanes of at least 4 members (excludes halogenated alkanes) is 11. The average molecular weight is 598 g/mol. The third-order valence-corrected chi connectivity index (χ3v) is 7.54. The Hall–Kier alpha value is -1.59. The molecule has 0 aromatic rings. The van der Waals surface area contributed by atoms with Crippen LogP contribution in [-0.2, 0) is 14.3 Å². The fourth-order valence-electron chi connectivity index (χ4n) is 4.84. The Labute approximate surface area is 253 Å². The quantitative estimate of drug-likeness (QED) is 0.0716. The number of nitrogens with one attached hydrogen (secondary N) is 1. The fourth-order valence-corrected chi connectivity index (χ4v) is 4.84. The molecule has 1 aliphatic rings. The number of ether oxygens (including phenoxy) is 2. The van der Waals surface area contributed by atoms with E-state index >= 15 is 0 Å². The predicted molar refractivity (Wildman–Crippen MR) is 166 cm³/mol. The summed E-state index contributed by atoms with van der Waals surface area (Å²) in [5.74, 6) is -0.200. The van der Waals surface area contributed by atoms with Gasteiger partial charge in [0.1, 0.15) is 24.4 Å². The molecule has 0 bridgehead atoms. The number of carbonyl (C=O) groups excluding carboxylic acids is 1. The molecule has 0 spiro atoms. The number of rotatable bonds is 24. The van der Waals surface area contributed by atoms with Gasteiger partial charge in [-0.1, -0.05) is 101 Å². The van der Waals surface area contributed by atoms with E-state index in [1.807, 2.05) is 19.1 Å². The summed E-state index contributed by atoms with van der Waals surface area (Å²) < 4.78 is 11.1. The van der Waals surface area contributed by atoms with Crippen molar-refractivity contribution in [3.8, 4) is 0 Å². The van der Waals surface area contributed by atoms with E-state index in [0.29, 0.717) is 6.42 Å². The Morgan fingerprint density at radius 1 is 0.833 bits per heavy atom. The van der Waals surface area contributed by atoms with Crippen LogP contribution >= 0.6 is 0 Å². The van der Waals surface area contributed by atoms with E-state index in [1.54, 1.807) is 6.08 Å². The third kappa shape index (κ3) is 16.9. The summed E-state index contributed by atoms with van der Waals surface area (Å²) in [6, 6.07) is -0.819. The molecule has 9 heteroatoms. The highest BCUT2D eigenvalue weighted by Gasteiger charge is 2.44. The molecule has 1 rings (SSSR count). The van der Waals surface area contributed by atoms with Crippen molar-refractivity contribution in [3.63, 3.8) is 0 Å². The highest BCUT2D eigenvalue weighted by Crippen LogP contribution is 2.22. The van der Waals surface area contributed by atoms with E-state index in [1.165, 1.54) is 44.9 Å². The molecule has 1 fully saturated rings. The fraction of sp³-hybridized carbons (Fsp3) is 0.788. The number of hydrogen-bond acceptors (Lipinski definition) is 8. The zero-order chi connectivity index (χ0) is 31.0. The molecule has 0 aromatic carbocycles. The standard InChI is InChI=1S/C33H59NO8/c1-3-5-7-9-11-13-15-17-19-21-23-29(37)34-26(27(36)22-20-18-16-14-12-10-8-6-4-2)25-41-33-32(40)31(39)30(38)28(24-35)42-33/h4,6,12,14,20,22,26-28,30-33,35-36,38-40H,3,5,7-11,13,15-19,21,23-25H2,1-2H3,(H,34,37)/b6-4+,14-12+,22-20+. The normalized spacial score (nSPS) is 24.6. The topological polar surface area (TPSA) is 149 Å². The summed E-state index contributed by atoms with van der Waals surface area (Å²) in [7, 11) is 0. The van der Waals surface area contributed by atoms with Crippen LogP contribution in [0.2, 0.25) is 0 Å². The summed E-state index contributed by atoms with van der Waals surface area (Å²) in [4.78, 5) is 12.7. The molecule has 1 heterocycles. The Balaban J connectivity index is 2.58. The predicted octanol–water partition coefficient (Wildman–Crippen LogP) is 4.21. The van der Waals surface area contributed by atoms with Crippen LogP contribution < -0.4 is 5.32 Å². The second-order valence-corrected chi connectivity index (χ2v) is 11.3. The summed E-state index contributed by atoms with van der Waals surface area (Å²) >= 11 is 0. The van der Waals surface area contributed by atoms with Crippen LogP contribution in [-0.4, -0.2) is 87.5 Å². The highest BCUT2D eigenvalue weighted by atomic mass is 16.7. The van der Waals surface area contributed by atoms with Crippen molar-refractivity contribution in [2.24, 2.45) is 0 Å². The molecule has 1 aliphatic heterocycles. The molecule has 0 aliphatic carbocycles. The Bertz CT molecular complexity index is 756. The summed E-state index contributed by atoms with van der Waals surface area (Å²) in [6.07, 6.45) is 19.3. The molecule has 0 aromatic heterocycles. The van der Waals surface area contributed by atoms with Gasteiger partial charge >= 0.3 is 0 Å². The Kier molecular flexibility index (Phi) is 22.7. The maximum atomic E-state index is 12.7. The van der Waals surface area contributed by atoms with E-state index in [2.05, 4.69) is 30.5 Å². The minimum absolute atomic E-state index is 0.200. The first kappa shape index (κ1) is 38.4. The Morgan fingerprint density at radius 3 is 2.00 bits per heavy atom. The smallest absolute Gasteiger partial charge is 0.220 e. The lowest BCUT2D eigenvalue weighted by Gasteiger charge is -2.40. The van der Waals surface area contributed by atoms with Gasteiger partial charge in [0.25, 0.3) is 0 Å². The first-order chi connectivity index (χ1) is 20.3. The van der Waals surface area contributed by atoms with Gasteiger partial charge in [0.2, 0.25) is 5.91 Å². The van der Waals surface area contributed by atoms with Crippen molar-refractivity contribution in [3.05, 3.63) is 36.5 Å². The van der Waals surface area contributed by atoms with Crippen LogP contribution in [0, 0.1) is 0 Å². The maximum absolute atomic E-state index is 12.7. The second kappa shape index (κ2) is 24.8. The number of amides is 1. The van der Waals surface area contributed by atoms with Crippen LogP contribution in [0.5, 0.6) is 0 Å². The first-order valence-corrected chi connectivity index (χ1v) is 16.2. The van der Waals surface area contributed by atoms with Crippen LogP contribution in [0.1, 0.15) is 110 Å². The molecule has 244 valence electrons. The number of allylic oxidation sites excluding steroid dienone is 5. The first-order valence-electron chi connectivity index (χ1n) is 16.2. The van der Waals surface area contributed by atoms with Gasteiger partial charge in [-0.2, -0.15) is 0 Å². The molecule has 7 atom stereocenters. The largest absolute Gasteiger partial charge is 0.394 e. The molecule has 0 radical (unpaired) electrons. The van der Waals surface area contributed by atoms with E-state index < -0.39 is 49.5 Å². The molecule has 1 amide bonds. The van der Waals surface area contributed by atoms with Crippen molar-refractivity contribution in [1.29, 1.82) is 0 Å². The summed E-state index contributed by atoms with van der Waals surface area (Å²) in [5, 5.41) is 53.5. The third-order valence-electron chi connectivity index (χ3n) is 7.54. The lowest BCUT2D eigenvalue weighted by molar-refractivity contribution is -0.302. The van der Waals surface area contributed by atoms with E-state index in [0.717, 1.165) is 44.9 Å². The van der Waals surface area contributed by atoms with Crippen molar-refractivity contribution in [2.75, 3.05) is 13.2 Å². The van der Waals surface area contributed by atoms with Crippen molar-refractivity contribution in [1.82, 2.24) is 5.32 Å². The molecule has 42 heavy (non-hydrogen) atoms. The molecular formula is C33H59NO8. The van der Waals surface area contributed by atoms with Crippen molar-refractivity contribution in [2.45, 2.75) is 153 Å².